The maximum Gasteiger partial charge on any atom is 0.362 e. The zero-order valence-corrected chi connectivity index (χ0v) is 12.3. The Kier molecular flexibility index (Phi) is 2.80. The van der Waals surface area contributed by atoms with Crippen molar-refractivity contribution in [2.24, 2.45) is 0 Å². The van der Waals surface area contributed by atoms with E-state index in [2.05, 4.69) is 36.4 Å². The lowest BCUT2D eigenvalue weighted by Gasteiger charge is -2.16. The van der Waals surface area contributed by atoms with Gasteiger partial charge in [-0.1, -0.05) is 61.5 Å². The standard InChI is InChI=1S/C20H15O2/c1-2-15(20(21)22)16-10-8-14-7-6-12-4-3-5-13-9-11-17(16)19(14)18(12)13/h3-11,15H,2H2,1H3. The van der Waals surface area contributed by atoms with Crippen molar-refractivity contribution in [3.63, 3.8) is 0 Å². The van der Waals surface area contributed by atoms with Gasteiger partial charge in [-0.15, -0.1) is 0 Å². The largest absolute Gasteiger partial charge is 0.362 e. The average Bonchev–Trinajstić information content (AvgIpc) is 2.54. The van der Waals surface area contributed by atoms with Crippen molar-refractivity contribution in [3.8, 4) is 0 Å². The van der Waals surface area contributed by atoms with Crippen LogP contribution in [-0.2, 0) is 9.90 Å². The second-order valence-electron chi connectivity index (χ2n) is 5.79. The van der Waals surface area contributed by atoms with Gasteiger partial charge in [0.1, 0.15) is 0 Å². The van der Waals surface area contributed by atoms with Crippen molar-refractivity contribution in [1.82, 2.24) is 0 Å². The second kappa shape index (κ2) is 4.70. The Labute approximate surface area is 128 Å². The van der Waals surface area contributed by atoms with Crippen LogP contribution in [0.4, 0.5) is 0 Å². The Balaban J connectivity index is 2.19. The van der Waals surface area contributed by atoms with E-state index in [1.165, 1.54) is 16.2 Å². The van der Waals surface area contributed by atoms with Crippen LogP contribution in [0.3, 0.4) is 0 Å². The van der Waals surface area contributed by atoms with Crippen molar-refractivity contribution < 1.29 is 9.90 Å². The fraction of sp³-hybridized carbons (Fsp3) is 0.150. The highest BCUT2D eigenvalue weighted by Crippen LogP contribution is 2.38. The van der Waals surface area contributed by atoms with E-state index < -0.39 is 11.9 Å². The van der Waals surface area contributed by atoms with Crippen molar-refractivity contribution in [1.29, 1.82) is 0 Å². The first kappa shape index (κ1) is 13.1. The molecule has 0 saturated carbocycles. The van der Waals surface area contributed by atoms with Crippen molar-refractivity contribution in [2.75, 3.05) is 0 Å². The van der Waals surface area contributed by atoms with Gasteiger partial charge in [0.25, 0.3) is 0 Å². The van der Waals surface area contributed by atoms with Crippen LogP contribution in [0.25, 0.3) is 32.3 Å². The van der Waals surface area contributed by atoms with E-state index in [0.29, 0.717) is 6.42 Å². The lowest BCUT2D eigenvalue weighted by atomic mass is 9.87. The third-order valence-corrected chi connectivity index (χ3v) is 4.63. The smallest absolute Gasteiger partial charge is 0.247 e. The van der Waals surface area contributed by atoms with E-state index in [-0.39, 0.29) is 0 Å². The van der Waals surface area contributed by atoms with E-state index in [0.717, 1.165) is 21.7 Å². The molecule has 0 bridgehead atoms. The highest BCUT2D eigenvalue weighted by molar-refractivity contribution is 6.23. The van der Waals surface area contributed by atoms with Gasteiger partial charge in [-0.05, 0) is 44.3 Å². The molecule has 0 saturated heterocycles. The molecule has 0 aliphatic carbocycles. The maximum atomic E-state index is 11.5. The molecule has 22 heavy (non-hydrogen) atoms. The fourth-order valence-corrected chi connectivity index (χ4v) is 3.58. The topological polar surface area (TPSA) is 37.0 Å². The molecular weight excluding hydrogens is 272 g/mol. The Hall–Kier alpha value is -2.61. The number of carbonyl (C=O) groups is 1. The molecule has 0 aliphatic rings. The van der Waals surface area contributed by atoms with Gasteiger partial charge in [0.05, 0.1) is 5.92 Å². The molecule has 2 nitrogen and oxygen atoms in total. The minimum absolute atomic E-state index is 0.534. The summed E-state index contributed by atoms with van der Waals surface area (Å²) < 4.78 is 0. The Morgan fingerprint density at radius 3 is 2.09 bits per heavy atom. The molecule has 0 spiro atoms. The van der Waals surface area contributed by atoms with Crippen molar-refractivity contribution in [3.05, 3.63) is 60.2 Å². The van der Waals surface area contributed by atoms with Gasteiger partial charge in [-0.3, -0.25) is 0 Å². The third-order valence-electron chi connectivity index (χ3n) is 4.63. The summed E-state index contributed by atoms with van der Waals surface area (Å²) >= 11 is 0. The molecule has 1 unspecified atom stereocenters. The molecule has 1 radical (unpaired) electrons. The summed E-state index contributed by atoms with van der Waals surface area (Å²) in [4.78, 5) is 11.5. The SMILES string of the molecule is CCC(C([O])=O)c1ccc2ccc3cccc4ccc1c2c34. The van der Waals surface area contributed by atoms with Crippen LogP contribution < -0.4 is 0 Å². The average molecular weight is 287 g/mol. The monoisotopic (exact) mass is 287 g/mol. The quantitative estimate of drug-likeness (QED) is 0.487. The summed E-state index contributed by atoms with van der Waals surface area (Å²) in [6.07, 6.45) is 0.534. The van der Waals surface area contributed by atoms with Crippen LogP contribution in [0.1, 0.15) is 24.8 Å². The predicted molar refractivity (Wildman–Crippen MR) is 88.9 cm³/mol. The normalized spacial score (nSPS) is 13.1. The Morgan fingerprint density at radius 2 is 1.45 bits per heavy atom. The van der Waals surface area contributed by atoms with Gasteiger partial charge in [-0.25, -0.2) is 9.90 Å². The fourth-order valence-electron chi connectivity index (χ4n) is 3.58. The van der Waals surface area contributed by atoms with Gasteiger partial charge in [0.2, 0.25) is 0 Å². The lowest BCUT2D eigenvalue weighted by molar-refractivity contribution is -0.145. The van der Waals surface area contributed by atoms with E-state index in [9.17, 15) is 9.90 Å². The molecule has 1 atom stereocenters. The Morgan fingerprint density at radius 1 is 0.864 bits per heavy atom. The molecule has 4 rings (SSSR count). The van der Waals surface area contributed by atoms with Gasteiger partial charge in [0, 0.05) is 0 Å². The highest BCUT2D eigenvalue weighted by atomic mass is 16.4. The first-order chi connectivity index (χ1) is 10.7. The summed E-state index contributed by atoms with van der Waals surface area (Å²) in [6.45, 7) is 1.89. The second-order valence-corrected chi connectivity index (χ2v) is 5.79. The maximum absolute atomic E-state index is 11.5. The number of benzene rings is 4. The zero-order chi connectivity index (χ0) is 15.3. The van der Waals surface area contributed by atoms with Crippen molar-refractivity contribution in [2.45, 2.75) is 19.3 Å². The summed E-state index contributed by atoms with van der Waals surface area (Å²) in [6, 6.07) is 18.6. The van der Waals surface area contributed by atoms with Gasteiger partial charge in [0.15, 0.2) is 0 Å². The summed E-state index contributed by atoms with van der Waals surface area (Å²) in [5, 5.41) is 18.4. The lowest BCUT2D eigenvalue weighted by Crippen LogP contribution is -2.09. The zero-order valence-electron chi connectivity index (χ0n) is 12.3. The van der Waals surface area contributed by atoms with Crippen LogP contribution in [0, 0.1) is 0 Å². The number of hydrogen-bond acceptors (Lipinski definition) is 1. The van der Waals surface area contributed by atoms with Crippen LogP contribution in [-0.4, -0.2) is 5.97 Å². The third kappa shape index (κ3) is 1.70. The molecule has 0 fully saturated rings. The molecular formula is C20H15O2. The van der Waals surface area contributed by atoms with Gasteiger partial charge < -0.3 is 0 Å². The Bertz CT molecular complexity index is 985. The molecule has 0 heterocycles. The molecule has 0 aromatic heterocycles. The van der Waals surface area contributed by atoms with Crippen molar-refractivity contribution >= 4 is 38.3 Å². The van der Waals surface area contributed by atoms with Gasteiger partial charge in [-0.2, -0.15) is 0 Å². The highest BCUT2D eigenvalue weighted by Gasteiger charge is 2.22. The first-order valence-corrected chi connectivity index (χ1v) is 7.58. The molecule has 0 amide bonds. The minimum Gasteiger partial charge on any atom is -0.247 e. The van der Waals surface area contributed by atoms with E-state index in [4.69, 9.17) is 0 Å². The van der Waals surface area contributed by atoms with Crippen LogP contribution >= 0.6 is 0 Å². The molecule has 4 aromatic rings. The van der Waals surface area contributed by atoms with Crippen LogP contribution in [0.2, 0.25) is 0 Å². The van der Waals surface area contributed by atoms with E-state index in [1.54, 1.807) is 0 Å². The minimum atomic E-state index is -1.00. The predicted octanol–water partition coefficient (Wildman–Crippen LogP) is 5.03. The molecule has 0 N–H and O–H groups in total. The molecule has 4 aromatic carbocycles. The molecule has 107 valence electrons. The summed E-state index contributed by atoms with van der Waals surface area (Å²) in [5.74, 6) is -1.57. The number of hydrogen-bond donors (Lipinski definition) is 0. The summed E-state index contributed by atoms with van der Waals surface area (Å²) in [5.41, 5.74) is 0.855. The van der Waals surface area contributed by atoms with E-state index >= 15 is 0 Å². The van der Waals surface area contributed by atoms with E-state index in [1.807, 2.05) is 25.1 Å². The molecule has 2 heteroatoms. The first-order valence-electron chi connectivity index (χ1n) is 7.58. The van der Waals surface area contributed by atoms with Gasteiger partial charge >= 0.3 is 5.97 Å². The van der Waals surface area contributed by atoms with Crippen LogP contribution in [0.15, 0.2) is 54.6 Å². The summed E-state index contributed by atoms with van der Waals surface area (Å²) in [7, 11) is 0. The number of rotatable bonds is 3. The van der Waals surface area contributed by atoms with Crippen LogP contribution in [0.5, 0.6) is 0 Å². The molecule has 0 aliphatic heterocycles. The number of carbonyl (C=O) groups excluding carboxylic acids is 1.